The summed E-state index contributed by atoms with van der Waals surface area (Å²) in [5.41, 5.74) is 13.4. The van der Waals surface area contributed by atoms with Crippen molar-refractivity contribution in [2.45, 2.75) is 81.1 Å². The molecule has 0 heterocycles. The molecule has 0 N–H and O–H groups in total. The van der Waals surface area contributed by atoms with Crippen molar-refractivity contribution in [2.24, 2.45) is 11.8 Å². The van der Waals surface area contributed by atoms with Gasteiger partial charge in [0.2, 0.25) is 0 Å². The number of allylic oxidation sites excluding steroid dienone is 8. The van der Waals surface area contributed by atoms with E-state index in [2.05, 4.69) is 298 Å². The summed E-state index contributed by atoms with van der Waals surface area (Å²) in [7, 11) is 0. The maximum absolute atomic E-state index is 3.40. The number of halogens is 2. The molecule has 10 aromatic carbocycles. The van der Waals surface area contributed by atoms with Gasteiger partial charge in [0.05, 0.1) is 0 Å². The Balaban J connectivity index is 0.000000173. The van der Waals surface area contributed by atoms with E-state index in [-0.39, 0.29) is 24.8 Å². The van der Waals surface area contributed by atoms with Crippen LogP contribution >= 0.6 is 0 Å². The topological polar surface area (TPSA) is 0 Å². The molecule has 2 aliphatic carbocycles. The van der Waals surface area contributed by atoms with E-state index in [1.54, 1.807) is 0 Å². The molecule has 0 nitrogen and oxygen atoms in total. The summed E-state index contributed by atoms with van der Waals surface area (Å²) in [6.07, 6.45) is 20.3. The van der Waals surface area contributed by atoms with Crippen molar-refractivity contribution in [1.29, 1.82) is 0 Å². The van der Waals surface area contributed by atoms with E-state index in [0.717, 1.165) is 12.8 Å². The zero-order valence-electron chi connectivity index (χ0n) is 46.7. The quantitative estimate of drug-likeness (QED) is 0.133. The van der Waals surface area contributed by atoms with Crippen LogP contribution in [0.5, 0.6) is 0 Å². The molecule has 0 spiro atoms. The van der Waals surface area contributed by atoms with Crippen LogP contribution in [-0.2, 0) is 48.5 Å². The summed E-state index contributed by atoms with van der Waals surface area (Å²) in [6, 6.07) is 73.4. The Morgan fingerprint density at radius 1 is 0.372 bits per heavy atom. The Hall–Kier alpha value is -5.45. The van der Waals surface area contributed by atoms with Gasteiger partial charge in [0.1, 0.15) is 0 Å². The van der Waals surface area contributed by atoms with Crippen molar-refractivity contribution in [3.8, 4) is 0 Å². The van der Waals surface area contributed by atoms with Crippen LogP contribution in [-0.4, -0.2) is 6.41 Å². The first-order valence-corrected chi connectivity index (χ1v) is 29.5. The van der Waals surface area contributed by atoms with Gasteiger partial charge in [0.25, 0.3) is 0 Å². The Morgan fingerprint density at radius 2 is 0.615 bits per heavy atom. The second-order valence-electron chi connectivity index (χ2n) is 19.7. The summed E-state index contributed by atoms with van der Waals surface area (Å²) in [5, 5.41) is 10.9. The molecule has 4 heteroatoms. The predicted molar refractivity (Wildman–Crippen MR) is 325 cm³/mol. The fraction of sp³-hybridized carbons (Fsp3) is 0.189. The number of rotatable bonds is 8. The average molecular weight is 1210 g/mol. The summed E-state index contributed by atoms with van der Waals surface area (Å²) in [6.45, 7) is 17.3. The predicted octanol–water partition coefficient (Wildman–Crippen LogP) is 13.7. The molecule has 78 heavy (non-hydrogen) atoms. The molecular formula is C74H72Cl2Zr2-2. The van der Waals surface area contributed by atoms with Gasteiger partial charge in [-0.3, -0.25) is 12.2 Å². The molecule has 10 aromatic rings. The van der Waals surface area contributed by atoms with E-state index in [9.17, 15) is 0 Å². The molecule has 392 valence electrons. The molecule has 2 atom stereocenters. The van der Waals surface area contributed by atoms with Gasteiger partial charge in [-0.25, -0.2) is 23.3 Å². The molecule has 0 aromatic heterocycles. The van der Waals surface area contributed by atoms with E-state index >= 15 is 0 Å². The zero-order chi connectivity index (χ0) is 53.8. The van der Waals surface area contributed by atoms with E-state index in [1.165, 1.54) is 166 Å². The minimum atomic E-state index is 0. The summed E-state index contributed by atoms with van der Waals surface area (Å²) in [5.74, 6) is 1.22. The number of fused-ring (bicyclic) bond motifs is 6. The van der Waals surface area contributed by atoms with Gasteiger partial charge in [0.15, 0.2) is 0 Å². The van der Waals surface area contributed by atoms with Gasteiger partial charge >= 0.3 is 198 Å². The molecule has 12 rings (SSSR count). The summed E-state index contributed by atoms with van der Waals surface area (Å²) in [4.78, 5) is 0. The third-order valence-corrected chi connectivity index (χ3v) is 16.6. The molecule has 2 aliphatic rings. The van der Waals surface area contributed by atoms with Crippen LogP contribution < -0.4 is 24.8 Å². The van der Waals surface area contributed by atoms with Crippen LogP contribution in [0, 0.1) is 51.7 Å². The monoisotopic (exact) mass is 1210 g/mol. The van der Waals surface area contributed by atoms with Crippen molar-refractivity contribution >= 4 is 49.5 Å². The molecule has 0 saturated heterocycles. The molecule has 2 unspecified atom stereocenters. The van der Waals surface area contributed by atoms with Crippen LogP contribution in [0.1, 0.15) is 97.9 Å². The van der Waals surface area contributed by atoms with E-state index < -0.39 is 0 Å². The van der Waals surface area contributed by atoms with Crippen LogP contribution in [0.15, 0.2) is 242 Å². The third-order valence-electron chi connectivity index (χ3n) is 13.7. The van der Waals surface area contributed by atoms with Gasteiger partial charge in [-0.05, 0) is 27.7 Å². The number of hydrogen-bond acceptors (Lipinski definition) is 0. The molecule has 0 bridgehead atoms. The van der Waals surface area contributed by atoms with Crippen molar-refractivity contribution in [2.75, 3.05) is 0 Å². The first kappa shape index (κ1) is 63.4. The molecule has 0 radical (unpaired) electrons. The Morgan fingerprint density at radius 3 is 0.808 bits per heavy atom. The summed E-state index contributed by atoms with van der Waals surface area (Å²) >= 11 is 2.92. The van der Waals surface area contributed by atoms with Crippen molar-refractivity contribution in [1.82, 2.24) is 0 Å². The number of benzene rings is 8. The number of aryl methyl sites for hydroxylation is 4. The number of hydrogen-bond donors (Lipinski definition) is 0. The van der Waals surface area contributed by atoms with Crippen molar-refractivity contribution in [3.63, 3.8) is 0 Å². The SMILES string of the molecule is CCC1=[C-]C(CC)C=C1.CCC1=[C-]C(CC)C=C1.Cc1ccc2c(c1)[cH-]c1cc(C)ccc12.Cc1ccc2c(c1)[cH-]c1cc(C)ccc12.[Cl-].[Cl-].[Zr+2]=[C](c1ccccc1)c1ccccc1.[Zr+2]=[C](c1ccccc1)c1ccccc1. The average Bonchev–Trinajstić information content (AvgIpc) is 4.30. The first-order chi connectivity index (χ1) is 37.0. The zero-order valence-corrected chi connectivity index (χ0v) is 53.1. The minimum absolute atomic E-state index is 0. The van der Waals surface area contributed by atoms with Gasteiger partial charge in [-0.15, -0.1) is 79.5 Å². The molecule has 0 fully saturated rings. The third kappa shape index (κ3) is 18.3. The molecule has 0 saturated carbocycles. The molecule has 0 aliphatic heterocycles. The van der Waals surface area contributed by atoms with E-state index in [1.807, 2.05) is 0 Å². The fourth-order valence-electron chi connectivity index (χ4n) is 9.32. The Labute approximate surface area is 509 Å². The van der Waals surface area contributed by atoms with E-state index in [4.69, 9.17) is 0 Å². The van der Waals surface area contributed by atoms with Crippen LogP contribution in [0.25, 0.3) is 43.1 Å². The van der Waals surface area contributed by atoms with Crippen LogP contribution in [0.3, 0.4) is 0 Å². The Kier molecular flexibility index (Phi) is 26.5. The second kappa shape index (κ2) is 32.6. The fourth-order valence-corrected chi connectivity index (χ4v) is 11.0. The molecular weight excluding hydrogens is 1140 g/mol. The molecule has 0 amide bonds. The van der Waals surface area contributed by atoms with Gasteiger partial charge in [-0.2, -0.15) is 12.2 Å². The standard InChI is InChI=1S/2C15H13.2C13H10.2C9H13.2ClH.2Zr/c2*1-10-3-5-14-12(7-10)9-13-8-11(2)4-6-15(13)14;2*1-3-7-12(8-4-1)11-13-9-5-2-6-10-13;2*1-3-8-5-6-9(4-2)7-8;;;;/h2*3-9H,1-2H3;2*1-10H;2*5-6,8H,3-4H2,1-2H3;2*1H;;/q2*-1;;;2*-1;;;2*+2/p-2. The second-order valence-corrected chi connectivity index (χ2v) is 22.1. The van der Waals surface area contributed by atoms with Crippen molar-refractivity contribution in [3.05, 3.63) is 298 Å². The summed E-state index contributed by atoms with van der Waals surface area (Å²) < 4.78 is 2.83. The first-order valence-electron chi connectivity index (χ1n) is 27.1. The van der Waals surface area contributed by atoms with E-state index in [0.29, 0.717) is 11.8 Å². The van der Waals surface area contributed by atoms with Crippen LogP contribution in [0.4, 0.5) is 0 Å². The Bertz CT molecular complexity index is 3160. The van der Waals surface area contributed by atoms with Crippen LogP contribution in [0.2, 0.25) is 0 Å². The van der Waals surface area contributed by atoms with Gasteiger partial charge in [-0.1, -0.05) is 136 Å². The van der Waals surface area contributed by atoms with Gasteiger partial charge < -0.3 is 24.8 Å². The van der Waals surface area contributed by atoms with Gasteiger partial charge in [0, 0.05) is 0 Å². The normalized spacial score (nSPS) is 13.6. The van der Waals surface area contributed by atoms with Crippen molar-refractivity contribution < 1.29 is 73.3 Å². The maximum atomic E-state index is 3.40.